The molecule has 0 fully saturated rings. The molecule has 36 heavy (non-hydrogen) atoms. The van der Waals surface area contributed by atoms with E-state index in [2.05, 4.69) is 10.00 Å². The summed E-state index contributed by atoms with van der Waals surface area (Å²) >= 11 is 0. The predicted octanol–water partition coefficient (Wildman–Crippen LogP) is 5.43. The number of hydrogen-bond acceptors (Lipinski definition) is 5. The van der Waals surface area contributed by atoms with Crippen molar-refractivity contribution in [3.8, 4) is 17.3 Å². The van der Waals surface area contributed by atoms with E-state index in [4.69, 9.17) is 9.47 Å². The number of halogens is 2. The van der Waals surface area contributed by atoms with Crippen LogP contribution in [-0.4, -0.2) is 46.6 Å². The number of aromatic nitrogens is 2. The molecule has 1 atom stereocenters. The van der Waals surface area contributed by atoms with Gasteiger partial charge in [-0.2, -0.15) is 5.10 Å². The smallest absolute Gasteiger partial charge is 0.227 e. The largest absolute Gasteiger partial charge is 0.439 e. The second-order valence-electron chi connectivity index (χ2n) is 8.47. The highest BCUT2D eigenvalue weighted by atomic mass is 19.1. The van der Waals surface area contributed by atoms with Gasteiger partial charge in [0.1, 0.15) is 17.4 Å². The van der Waals surface area contributed by atoms with Crippen molar-refractivity contribution >= 4 is 0 Å². The maximum atomic E-state index is 13.6. The zero-order valence-corrected chi connectivity index (χ0v) is 20.3. The number of aliphatic hydroxyl groups is 1. The van der Waals surface area contributed by atoms with Crippen LogP contribution in [0.15, 0.2) is 78.9 Å². The topological polar surface area (TPSA) is 59.8 Å². The third-order valence-electron chi connectivity index (χ3n) is 5.85. The van der Waals surface area contributed by atoms with E-state index in [1.54, 1.807) is 23.9 Å². The Bertz CT molecular complexity index is 1250. The summed E-state index contributed by atoms with van der Waals surface area (Å²) in [5.74, 6) is 0.145. The standard InChI is InChI=1S/C28H29F2N3O3/c1-20-26(18-32(16-17-35-2)19-27(34)21-6-4-3-5-7-21)28(36-25-14-10-23(30)11-15-25)33(31-20)24-12-8-22(29)9-13-24/h3-15,27,34H,16-19H2,1-2H3. The number of ether oxygens (including phenoxy) is 2. The Morgan fingerprint density at radius 3 is 2.22 bits per heavy atom. The number of benzene rings is 3. The van der Waals surface area contributed by atoms with E-state index in [-0.39, 0.29) is 11.6 Å². The lowest BCUT2D eigenvalue weighted by Gasteiger charge is -2.25. The van der Waals surface area contributed by atoms with Crippen LogP contribution in [0.2, 0.25) is 0 Å². The molecule has 6 nitrogen and oxygen atoms in total. The van der Waals surface area contributed by atoms with E-state index in [9.17, 15) is 13.9 Å². The zero-order valence-electron chi connectivity index (χ0n) is 20.3. The molecule has 4 aromatic rings. The fourth-order valence-electron chi connectivity index (χ4n) is 3.90. The van der Waals surface area contributed by atoms with E-state index >= 15 is 0 Å². The second kappa shape index (κ2) is 11.9. The first kappa shape index (κ1) is 25.5. The van der Waals surface area contributed by atoms with E-state index in [0.717, 1.165) is 11.1 Å². The number of methoxy groups -OCH3 is 1. The van der Waals surface area contributed by atoms with E-state index in [0.29, 0.717) is 49.3 Å². The molecule has 0 aliphatic rings. The first-order valence-corrected chi connectivity index (χ1v) is 11.7. The monoisotopic (exact) mass is 493 g/mol. The van der Waals surface area contributed by atoms with Crippen molar-refractivity contribution in [1.82, 2.24) is 14.7 Å². The SMILES string of the molecule is COCCN(Cc1c(C)nn(-c2ccc(F)cc2)c1Oc1ccc(F)cc1)CC(O)c1ccccc1. The molecule has 4 rings (SSSR count). The number of aliphatic hydroxyl groups excluding tert-OH is 1. The molecule has 0 saturated carbocycles. The summed E-state index contributed by atoms with van der Waals surface area (Å²) in [6.07, 6.45) is -0.697. The summed E-state index contributed by atoms with van der Waals surface area (Å²) < 4.78 is 40.2. The zero-order chi connectivity index (χ0) is 25.5. The van der Waals surface area contributed by atoms with Gasteiger partial charge in [-0.15, -0.1) is 0 Å². The average molecular weight is 494 g/mol. The Hall–Kier alpha value is -3.59. The first-order chi connectivity index (χ1) is 17.4. The summed E-state index contributed by atoms with van der Waals surface area (Å²) in [6, 6.07) is 21.1. The summed E-state index contributed by atoms with van der Waals surface area (Å²) in [5, 5.41) is 15.5. The molecule has 8 heteroatoms. The van der Waals surface area contributed by atoms with Crippen LogP contribution in [0.3, 0.4) is 0 Å². The van der Waals surface area contributed by atoms with Gasteiger partial charge in [-0.1, -0.05) is 30.3 Å². The maximum Gasteiger partial charge on any atom is 0.227 e. The Labute approximate surface area is 209 Å². The number of rotatable bonds is 11. The molecule has 0 amide bonds. The number of hydrogen-bond donors (Lipinski definition) is 1. The van der Waals surface area contributed by atoms with Gasteiger partial charge in [0.25, 0.3) is 0 Å². The van der Waals surface area contributed by atoms with Crippen molar-refractivity contribution < 1.29 is 23.4 Å². The fourth-order valence-corrected chi connectivity index (χ4v) is 3.90. The van der Waals surface area contributed by atoms with Gasteiger partial charge in [0.05, 0.1) is 29.7 Å². The third-order valence-corrected chi connectivity index (χ3v) is 5.85. The third kappa shape index (κ3) is 6.34. The van der Waals surface area contributed by atoms with Gasteiger partial charge in [0.2, 0.25) is 5.88 Å². The summed E-state index contributed by atoms with van der Waals surface area (Å²) in [5.41, 5.74) is 2.95. The minimum atomic E-state index is -0.697. The summed E-state index contributed by atoms with van der Waals surface area (Å²) in [6.45, 7) is 3.69. The minimum absolute atomic E-state index is 0.357. The van der Waals surface area contributed by atoms with Crippen LogP contribution in [0.1, 0.15) is 22.9 Å². The average Bonchev–Trinajstić information content (AvgIpc) is 3.19. The van der Waals surface area contributed by atoms with Gasteiger partial charge >= 0.3 is 0 Å². The van der Waals surface area contributed by atoms with Crippen LogP contribution in [0.25, 0.3) is 5.69 Å². The molecular formula is C28H29F2N3O3. The van der Waals surface area contributed by atoms with Crippen molar-refractivity contribution in [2.45, 2.75) is 19.6 Å². The highest BCUT2D eigenvalue weighted by Crippen LogP contribution is 2.32. The van der Waals surface area contributed by atoms with Crippen LogP contribution in [0.4, 0.5) is 8.78 Å². The minimum Gasteiger partial charge on any atom is -0.439 e. The Morgan fingerprint density at radius 1 is 0.944 bits per heavy atom. The van der Waals surface area contributed by atoms with Crippen LogP contribution in [0.5, 0.6) is 11.6 Å². The number of nitrogens with zero attached hydrogens (tertiary/aromatic N) is 3. The molecule has 0 bridgehead atoms. The van der Waals surface area contributed by atoms with Gasteiger partial charge in [-0.3, -0.25) is 4.90 Å². The molecule has 188 valence electrons. The molecule has 1 aromatic heterocycles. The molecule has 1 N–H and O–H groups in total. The van der Waals surface area contributed by atoms with Crippen molar-refractivity contribution in [3.05, 3.63) is 107 Å². The molecule has 0 radical (unpaired) electrons. The van der Waals surface area contributed by atoms with Gasteiger partial charge < -0.3 is 14.6 Å². The molecular weight excluding hydrogens is 464 g/mol. The van der Waals surface area contributed by atoms with Crippen LogP contribution in [0, 0.1) is 18.6 Å². The van der Waals surface area contributed by atoms with Crippen molar-refractivity contribution in [2.75, 3.05) is 26.8 Å². The first-order valence-electron chi connectivity index (χ1n) is 11.7. The van der Waals surface area contributed by atoms with Crippen molar-refractivity contribution in [1.29, 1.82) is 0 Å². The molecule has 0 spiro atoms. The quantitative estimate of drug-likeness (QED) is 0.302. The van der Waals surface area contributed by atoms with Crippen LogP contribution in [-0.2, 0) is 11.3 Å². The van der Waals surface area contributed by atoms with Crippen LogP contribution < -0.4 is 4.74 Å². The Morgan fingerprint density at radius 2 is 1.58 bits per heavy atom. The normalized spacial score (nSPS) is 12.2. The fraction of sp³-hybridized carbons (Fsp3) is 0.250. The molecule has 0 aliphatic carbocycles. The lowest BCUT2D eigenvalue weighted by molar-refractivity contribution is 0.0844. The van der Waals surface area contributed by atoms with Crippen molar-refractivity contribution in [2.24, 2.45) is 0 Å². The predicted molar refractivity (Wildman–Crippen MR) is 133 cm³/mol. The van der Waals surface area contributed by atoms with Gasteiger partial charge in [-0.25, -0.2) is 13.5 Å². The summed E-state index contributed by atoms with van der Waals surface area (Å²) in [7, 11) is 1.63. The molecule has 1 heterocycles. The lowest BCUT2D eigenvalue weighted by Crippen LogP contribution is -2.31. The highest BCUT2D eigenvalue weighted by molar-refractivity contribution is 5.43. The second-order valence-corrected chi connectivity index (χ2v) is 8.47. The van der Waals surface area contributed by atoms with Gasteiger partial charge in [-0.05, 0) is 61.0 Å². The van der Waals surface area contributed by atoms with Gasteiger partial charge in [0.15, 0.2) is 0 Å². The lowest BCUT2D eigenvalue weighted by atomic mass is 10.1. The Kier molecular flexibility index (Phi) is 8.43. The van der Waals surface area contributed by atoms with E-state index in [1.165, 1.54) is 36.4 Å². The van der Waals surface area contributed by atoms with Gasteiger partial charge in [0, 0.05) is 26.7 Å². The maximum absolute atomic E-state index is 13.6. The van der Waals surface area contributed by atoms with E-state index < -0.39 is 6.10 Å². The molecule has 1 unspecified atom stereocenters. The van der Waals surface area contributed by atoms with Crippen molar-refractivity contribution in [3.63, 3.8) is 0 Å². The molecule has 0 aliphatic heterocycles. The summed E-state index contributed by atoms with van der Waals surface area (Å²) in [4.78, 5) is 2.07. The molecule has 3 aromatic carbocycles. The Balaban J connectivity index is 1.69. The highest BCUT2D eigenvalue weighted by Gasteiger charge is 2.23. The van der Waals surface area contributed by atoms with Crippen LogP contribution >= 0.6 is 0 Å². The number of aryl methyl sites for hydroxylation is 1. The molecule has 0 saturated heterocycles. The van der Waals surface area contributed by atoms with E-state index in [1.807, 2.05) is 37.3 Å².